The Bertz CT molecular complexity index is 398. The van der Waals surface area contributed by atoms with Gasteiger partial charge in [0, 0.05) is 13.2 Å². The fourth-order valence-corrected chi connectivity index (χ4v) is 2.54. The monoisotopic (exact) mass is 263 g/mol. The zero-order chi connectivity index (χ0) is 13.7. The molecule has 1 aliphatic rings. The lowest BCUT2D eigenvalue weighted by Crippen LogP contribution is -2.37. The van der Waals surface area contributed by atoms with Crippen LogP contribution in [0.15, 0.2) is 18.2 Å². The molecule has 1 fully saturated rings. The average Bonchev–Trinajstić information content (AvgIpc) is 2.43. The normalized spacial score (nSPS) is 17.6. The summed E-state index contributed by atoms with van der Waals surface area (Å²) in [5.41, 5.74) is 2.44. The highest BCUT2D eigenvalue weighted by molar-refractivity contribution is 5.35. The topological polar surface area (TPSA) is 32.7 Å². The largest absolute Gasteiger partial charge is 0.492 e. The number of benzene rings is 1. The molecular formula is C16H25NO2. The van der Waals surface area contributed by atoms with E-state index in [0.717, 1.165) is 44.8 Å². The van der Waals surface area contributed by atoms with E-state index in [1.165, 1.54) is 11.1 Å². The van der Waals surface area contributed by atoms with Crippen molar-refractivity contribution in [2.75, 3.05) is 32.8 Å². The molecule has 1 N–H and O–H groups in total. The van der Waals surface area contributed by atoms with Crippen molar-refractivity contribution >= 4 is 0 Å². The van der Waals surface area contributed by atoms with Crippen LogP contribution in [0.5, 0.6) is 5.75 Å². The molecule has 3 heteroatoms. The third-order valence-electron chi connectivity index (χ3n) is 3.97. The number of ether oxygens (including phenoxy) is 1. The first kappa shape index (κ1) is 14.4. The van der Waals surface area contributed by atoms with E-state index in [4.69, 9.17) is 9.84 Å². The Morgan fingerprint density at radius 3 is 2.68 bits per heavy atom. The molecule has 0 aliphatic carbocycles. The molecule has 1 saturated heterocycles. The van der Waals surface area contributed by atoms with Crippen molar-refractivity contribution in [2.24, 2.45) is 5.92 Å². The first-order valence-corrected chi connectivity index (χ1v) is 7.22. The summed E-state index contributed by atoms with van der Waals surface area (Å²) in [6.07, 6.45) is 2.22. The second-order valence-electron chi connectivity index (χ2n) is 5.59. The van der Waals surface area contributed by atoms with Crippen LogP contribution in [-0.2, 0) is 0 Å². The van der Waals surface area contributed by atoms with Gasteiger partial charge in [0.25, 0.3) is 0 Å². The first-order chi connectivity index (χ1) is 9.19. The van der Waals surface area contributed by atoms with Crippen LogP contribution < -0.4 is 4.74 Å². The van der Waals surface area contributed by atoms with Gasteiger partial charge in [-0.3, -0.25) is 4.90 Å². The molecule has 106 valence electrons. The van der Waals surface area contributed by atoms with Crippen LogP contribution in [0.1, 0.15) is 24.0 Å². The quantitative estimate of drug-likeness (QED) is 0.885. The van der Waals surface area contributed by atoms with E-state index in [1.54, 1.807) is 0 Å². The summed E-state index contributed by atoms with van der Waals surface area (Å²) in [4.78, 5) is 2.43. The zero-order valence-electron chi connectivity index (χ0n) is 12.1. The van der Waals surface area contributed by atoms with E-state index in [2.05, 4.69) is 36.9 Å². The molecule has 0 amide bonds. The summed E-state index contributed by atoms with van der Waals surface area (Å²) < 4.78 is 5.88. The van der Waals surface area contributed by atoms with Gasteiger partial charge in [-0.1, -0.05) is 12.1 Å². The second-order valence-corrected chi connectivity index (χ2v) is 5.59. The molecule has 0 spiro atoms. The van der Waals surface area contributed by atoms with E-state index in [1.807, 2.05) is 0 Å². The van der Waals surface area contributed by atoms with E-state index >= 15 is 0 Å². The molecule has 0 aromatic heterocycles. The molecule has 1 aliphatic heterocycles. The van der Waals surface area contributed by atoms with Gasteiger partial charge in [0.15, 0.2) is 0 Å². The van der Waals surface area contributed by atoms with Crippen LogP contribution in [0, 0.1) is 19.8 Å². The number of hydrogen-bond donors (Lipinski definition) is 1. The summed E-state index contributed by atoms with van der Waals surface area (Å²) in [6, 6.07) is 6.33. The van der Waals surface area contributed by atoms with Crippen molar-refractivity contribution < 1.29 is 9.84 Å². The molecule has 0 radical (unpaired) electrons. The molecule has 1 aromatic rings. The average molecular weight is 263 g/mol. The lowest BCUT2D eigenvalue weighted by molar-refractivity contribution is 0.118. The number of piperidine rings is 1. The van der Waals surface area contributed by atoms with Crippen LogP contribution in [-0.4, -0.2) is 42.9 Å². The Hall–Kier alpha value is -1.06. The van der Waals surface area contributed by atoms with Crippen molar-refractivity contribution in [3.05, 3.63) is 29.3 Å². The summed E-state index contributed by atoms with van der Waals surface area (Å²) in [7, 11) is 0. The Morgan fingerprint density at radius 1 is 1.26 bits per heavy atom. The smallest absolute Gasteiger partial charge is 0.122 e. The number of rotatable bonds is 5. The van der Waals surface area contributed by atoms with Gasteiger partial charge in [-0.2, -0.15) is 0 Å². The van der Waals surface area contributed by atoms with Gasteiger partial charge in [-0.05, 0) is 62.9 Å². The maximum absolute atomic E-state index is 9.12. The number of aliphatic hydroxyl groups excluding tert-OH is 1. The van der Waals surface area contributed by atoms with Crippen LogP contribution >= 0.6 is 0 Å². The van der Waals surface area contributed by atoms with Gasteiger partial charge in [-0.15, -0.1) is 0 Å². The van der Waals surface area contributed by atoms with Gasteiger partial charge in [0.05, 0.1) is 0 Å². The van der Waals surface area contributed by atoms with Crippen molar-refractivity contribution in [1.29, 1.82) is 0 Å². The Morgan fingerprint density at radius 2 is 2.00 bits per heavy atom. The molecule has 0 bridgehead atoms. The molecule has 3 nitrogen and oxygen atoms in total. The van der Waals surface area contributed by atoms with Crippen molar-refractivity contribution in [3.63, 3.8) is 0 Å². The molecule has 0 saturated carbocycles. The van der Waals surface area contributed by atoms with Crippen LogP contribution in [0.25, 0.3) is 0 Å². The Labute approximate surface area is 116 Å². The summed E-state index contributed by atoms with van der Waals surface area (Å²) in [5, 5.41) is 9.12. The molecule has 19 heavy (non-hydrogen) atoms. The maximum atomic E-state index is 9.12. The number of aliphatic hydroxyl groups is 1. The summed E-state index contributed by atoms with van der Waals surface area (Å²) in [6.45, 7) is 8.41. The molecule has 1 aromatic carbocycles. The van der Waals surface area contributed by atoms with Crippen LogP contribution in [0.2, 0.25) is 0 Å². The zero-order valence-corrected chi connectivity index (χ0v) is 12.1. The Balaban J connectivity index is 1.73. The third kappa shape index (κ3) is 4.22. The Kier molecular flexibility index (Phi) is 5.23. The van der Waals surface area contributed by atoms with Gasteiger partial charge in [0.1, 0.15) is 12.4 Å². The highest BCUT2D eigenvalue weighted by Gasteiger charge is 2.17. The highest BCUT2D eigenvalue weighted by atomic mass is 16.5. The number of hydrogen-bond acceptors (Lipinski definition) is 3. The van der Waals surface area contributed by atoms with Gasteiger partial charge in [-0.25, -0.2) is 0 Å². The predicted octanol–water partition coefficient (Wildman–Crippen LogP) is 2.39. The molecule has 2 rings (SSSR count). The van der Waals surface area contributed by atoms with E-state index in [-0.39, 0.29) is 0 Å². The SMILES string of the molecule is Cc1ccc(C)c(OCCN2CCC(CO)CC2)c1. The number of likely N-dealkylation sites (tertiary alicyclic amines) is 1. The second kappa shape index (κ2) is 6.92. The highest BCUT2D eigenvalue weighted by Crippen LogP contribution is 2.20. The summed E-state index contributed by atoms with van der Waals surface area (Å²) in [5.74, 6) is 1.52. The minimum atomic E-state index is 0.340. The number of nitrogens with zero attached hydrogens (tertiary/aromatic N) is 1. The molecule has 0 atom stereocenters. The predicted molar refractivity (Wildman–Crippen MR) is 77.7 cm³/mol. The van der Waals surface area contributed by atoms with Crippen LogP contribution in [0.4, 0.5) is 0 Å². The van der Waals surface area contributed by atoms with Gasteiger partial charge >= 0.3 is 0 Å². The lowest BCUT2D eigenvalue weighted by Gasteiger charge is -2.30. The van der Waals surface area contributed by atoms with E-state index < -0.39 is 0 Å². The van der Waals surface area contributed by atoms with Crippen LogP contribution in [0.3, 0.4) is 0 Å². The van der Waals surface area contributed by atoms with Gasteiger partial charge < -0.3 is 9.84 Å². The van der Waals surface area contributed by atoms with Gasteiger partial charge in [0.2, 0.25) is 0 Å². The third-order valence-corrected chi connectivity index (χ3v) is 3.97. The number of aryl methyl sites for hydroxylation is 2. The van der Waals surface area contributed by atoms with Crippen molar-refractivity contribution in [1.82, 2.24) is 4.90 Å². The molecular weight excluding hydrogens is 238 g/mol. The fraction of sp³-hybridized carbons (Fsp3) is 0.625. The van der Waals surface area contributed by atoms with Crippen molar-refractivity contribution in [2.45, 2.75) is 26.7 Å². The lowest BCUT2D eigenvalue weighted by atomic mass is 9.98. The molecule has 0 unspecified atom stereocenters. The minimum Gasteiger partial charge on any atom is -0.492 e. The van der Waals surface area contributed by atoms with E-state index in [9.17, 15) is 0 Å². The van der Waals surface area contributed by atoms with Crippen molar-refractivity contribution in [3.8, 4) is 5.75 Å². The minimum absolute atomic E-state index is 0.340. The fourth-order valence-electron chi connectivity index (χ4n) is 2.54. The first-order valence-electron chi connectivity index (χ1n) is 7.22. The summed E-state index contributed by atoms with van der Waals surface area (Å²) >= 11 is 0. The van der Waals surface area contributed by atoms with E-state index in [0.29, 0.717) is 12.5 Å². The molecule has 1 heterocycles. The standard InChI is InChI=1S/C16H25NO2/c1-13-3-4-14(2)16(11-13)19-10-9-17-7-5-15(12-18)6-8-17/h3-4,11,15,18H,5-10,12H2,1-2H3. The maximum Gasteiger partial charge on any atom is 0.122 e.